The molecular formula is C28H25N3O4S. The first-order chi connectivity index (χ1) is 17.3. The van der Waals surface area contributed by atoms with Gasteiger partial charge in [-0.3, -0.25) is 0 Å². The Kier molecular flexibility index (Phi) is 6.02. The normalized spacial score (nSPS) is 11.6. The Morgan fingerprint density at radius 1 is 1.22 bits per heavy atom. The number of carbonyl (C=O) groups excluding carboxylic acids is 1. The largest absolute Gasteiger partial charge is 0.480 e. The van der Waals surface area contributed by atoms with Gasteiger partial charge in [0.1, 0.15) is 17.4 Å². The number of aromatic nitrogens is 2. The maximum absolute atomic E-state index is 11.6. The summed E-state index contributed by atoms with van der Waals surface area (Å²) < 4.78 is 18.5. The summed E-state index contributed by atoms with van der Waals surface area (Å²) in [7, 11) is 1.32. The maximum Gasteiger partial charge on any atom is 0.343 e. The Labute approximate surface area is 212 Å². The molecule has 0 bridgehead atoms. The minimum absolute atomic E-state index is 0.0187. The van der Waals surface area contributed by atoms with Crippen molar-refractivity contribution in [2.75, 3.05) is 13.7 Å². The number of thiazole rings is 1. The van der Waals surface area contributed by atoms with Gasteiger partial charge in [-0.2, -0.15) is 5.26 Å². The van der Waals surface area contributed by atoms with Crippen molar-refractivity contribution in [3.05, 3.63) is 70.9 Å². The van der Waals surface area contributed by atoms with Crippen LogP contribution in [0.5, 0.6) is 5.75 Å². The van der Waals surface area contributed by atoms with Crippen molar-refractivity contribution in [1.29, 1.82) is 5.26 Å². The molecule has 3 aromatic heterocycles. The molecule has 0 aliphatic rings. The second-order valence-electron chi connectivity index (χ2n) is 9.57. The van der Waals surface area contributed by atoms with Crippen molar-refractivity contribution in [3.63, 3.8) is 0 Å². The molecule has 3 heterocycles. The zero-order valence-corrected chi connectivity index (χ0v) is 21.3. The highest BCUT2D eigenvalue weighted by Gasteiger charge is 2.20. The number of furan rings is 1. The number of benzene rings is 2. The van der Waals surface area contributed by atoms with Crippen molar-refractivity contribution in [2.24, 2.45) is 0 Å². The summed E-state index contributed by atoms with van der Waals surface area (Å²) in [4.78, 5) is 16.4. The van der Waals surface area contributed by atoms with E-state index in [1.165, 1.54) is 7.11 Å². The van der Waals surface area contributed by atoms with E-state index in [-0.39, 0.29) is 12.0 Å². The van der Waals surface area contributed by atoms with Crippen LogP contribution in [0, 0.1) is 11.3 Å². The molecule has 0 saturated carbocycles. The lowest BCUT2D eigenvalue weighted by Crippen LogP contribution is -2.13. The average molecular weight is 500 g/mol. The molecule has 0 aliphatic carbocycles. The second-order valence-corrected chi connectivity index (χ2v) is 10.4. The highest BCUT2D eigenvalue weighted by atomic mass is 32.1. The third-order valence-corrected chi connectivity index (χ3v) is 6.83. The summed E-state index contributed by atoms with van der Waals surface area (Å²) in [6, 6.07) is 15.8. The van der Waals surface area contributed by atoms with Gasteiger partial charge in [0.05, 0.1) is 23.9 Å². The van der Waals surface area contributed by atoms with E-state index in [2.05, 4.69) is 38.3 Å². The van der Waals surface area contributed by atoms with Crippen LogP contribution in [0.4, 0.5) is 0 Å². The highest BCUT2D eigenvalue weighted by molar-refractivity contribution is 7.13. The highest BCUT2D eigenvalue weighted by Crippen LogP contribution is 2.34. The summed E-state index contributed by atoms with van der Waals surface area (Å²) in [6.45, 7) is 6.74. The fraction of sp³-hybridized carbons (Fsp3) is 0.250. The van der Waals surface area contributed by atoms with Gasteiger partial charge in [0, 0.05) is 34.3 Å². The smallest absolute Gasteiger partial charge is 0.343 e. The number of nitrogens with zero attached hydrogens (tertiary/aromatic N) is 3. The molecule has 0 atom stereocenters. The Morgan fingerprint density at radius 2 is 2.06 bits per heavy atom. The second kappa shape index (κ2) is 9.17. The minimum atomic E-state index is -0.471. The number of nitriles is 1. The van der Waals surface area contributed by atoms with Crippen LogP contribution in [0.3, 0.4) is 0 Å². The van der Waals surface area contributed by atoms with Gasteiger partial charge in [-0.15, -0.1) is 11.3 Å². The molecule has 0 spiro atoms. The number of rotatable bonds is 6. The van der Waals surface area contributed by atoms with E-state index < -0.39 is 5.97 Å². The number of esters is 1. The fourth-order valence-corrected chi connectivity index (χ4v) is 5.07. The predicted molar refractivity (Wildman–Crippen MR) is 139 cm³/mol. The topological polar surface area (TPSA) is 90.3 Å². The van der Waals surface area contributed by atoms with E-state index in [4.69, 9.17) is 18.9 Å². The summed E-state index contributed by atoms with van der Waals surface area (Å²) in [6.07, 6.45) is 1.81. The minimum Gasteiger partial charge on any atom is -0.480 e. The van der Waals surface area contributed by atoms with Gasteiger partial charge in [0.25, 0.3) is 0 Å². The Balaban J connectivity index is 1.48. The first-order valence-electron chi connectivity index (χ1n) is 11.5. The van der Waals surface area contributed by atoms with Crippen LogP contribution in [0.15, 0.2) is 58.5 Å². The average Bonchev–Trinajstić information content (AvgIpc) is 3.59. The standard InChI is InChI=1S/C28H25N3O4S/c1-28(2,3)24-16-36-27(30-24)23-11-18-10-17(8-9-21(18)35-23)13-31-14-19(12-29)20-6-5-7-22(26(20)31)34-15-25(32)33-4/h5-11,14,16H,13,15H2,1-4H3. The number of fused-ring (bicyclic) bond motifs is 2. The van der Waals surface area contributed by atoms with Crippen LogP contribution in [-0.4, -0.2) is 29.2 Å². The van der Waals surface area contributed by atoms with Crippen LogP contribution in [0.2, 0.25) is 0 Å². The third kappa shape index (κ3) is 4.45. The molecule has 7 nitrogen and oxygen atoms in total. The molecule has 36 heavy (non-hydrogen) atoms. The molecule has 0 aliphatic heterocycles. The molecule has 0 N–H and O–H groups in total. The van der Waals surface area contributed by atoms with Crippen molar-refractivity contribution in [3.8, 4) is 22.6 Å². The molecular weight excluding hydrogens is 474 g/mol. The molecule has 5 aromatic rings. The Morgan fingerprint density at radius 3 is 2.78 bits per heavy atom. The lowest BCUT2D eigenvalue weighted by Gasteiger charge is -2.13. The lowest BCUT2D eigenvalue weighted by molar-refractivity contribution is -0.142. The van der Waals surface area contributed by atoms with E-state index in [9.17, 15) is 10.1 Å². The van der Waals surface area contributed by atoms with Crippen LogP contribution in [-0.2, 0) is 21.5 Å². The van der Waals surface area contributed by atoms with Crippen molar-refractivity contribution >= 4 is 39.2 Å². The van der Waals surface area contributed by atoms with Gasteiger partial charge in [-0.05, 0) is 29.8 Å². The quantitative estimate of drug-likeness (QED) is 0.255. The van der Waals surface area contributed by atoms with Crippen LogP contribution < -0.4 is 4.74 Å². The number of carbonyl (C=O) groups is 1. The number of hydrogen-bond acceptors (Lipinski definition) is 7. The van der Waals surface area contributed by atoms with Crippen molar-refractivity contribution in [1.82, 2.24) is 9.55 Å². The van der Waals surface area contributed by atoms with Crippen LogP contribution in [0.1, 0.15) is 37.6 Å². The van der Waals surface area contributed by atoms with Gasteiger partial charge in [-0.1, -0.05) is 39.0 Å². The van der Waals surface area contributed by atoms with E-state index in [1.54, 1.807) is 17.4 Å². The number of hydrogen-bond donors (Lipinski definition) is 0. The van der Waals surface area contributed by atoms with Gasteiger partial charge in [0.2, 0.25) is 0 Å². The molecule has 0 unspecified atom stereocenters. The molecule has 0 amide bonds. The molecule has 0 radical (unpaired) electrons. The third-order valence-electron chi connectivity index (χ3n) is 5.97. The Bertz CT molecular complexity index is 1630. The zero-order valence-electron chi connectivity index (χ0n) is 20.5. The monoisotopic (exact) mass is 499 g/mol. The predicted octanol–water partition coefficient (Wildman–Crippen LogP) is 6.28. The van der Waals surface area contributed by atoms with E-state index in [1.807, 2.05) is 41.1 Å². The van der Waals surface area contributed by atoms with Gasteiger partial charge in [-0.25, -0.2) is 9.78 Å². The van der Waals surface area contributed by atoms with Gasteiger partial charge < -0.3 is 18.5 Å². The van der Waals surface area contributed by atoms with Crippen molar-refractivity contribution in [2.45, 2.75) is 32.7 Å². The van der Waals surface area contributed by atoms with E-state index in [0.717, 1.165) is 43.9 Å². The van der Waals surface area contributed by atoms with Gasteiger partial charge >= 0.3 is 5.97 Å². The summed E-state index contributed by atoms with van der Waals surface area (Å²) in [5, 5.41) is 14.4. The van der Waals surface area contributed by atoms with Gasteiger partial charge in [0.15, 0.2) is 17.4 Å². The summed E-state index contributed by atoms with van der Waals surface area (Å²) in [5.41, 5.74) is 4.14. The van der Waals surface area contributed by atoms with E-state index >= 15 is 0 Å². The SMILES string of the molecule is COC(=O)COc1cccc2c(C#N)cn(Cc3ccc4oc(-c5nc(C(C)(C)C)cs5)cc4c3)c12. The number of methoxy groups -OCH3 is 1. The van der Waals surface area contributed by atoms with Crippen molar-refractivity contribution < 1.29 is 18.7 Å². The molecule has 0 fully saturated rings. The molecule has 8 heteroatoms. The Hall–Kier alpha value is -4.09. The number of para-hydroxylation sites is 1. The van der Waals surface area contributed by atoms with Crippen LogP contribution >= 0.6 is 11.3 Å². The lowest BCUT2D eigenvalue weighted by atomic mass is 9.93. The first kappa shape index (κ1) is 23.6. The van der Waals surface area contributed by atoms with E-state index in [0.29, 0.717) is 17.9 Å². The summed E-state index contributed by atoms with van der Waals surface area (Å²) in [5.74, 6) is 0.797. The zero-order chi connectivity index (χ0) is 25.4. The van der Waals surface area contributed by atoms with Crippen LogP contribution in [0.25, 0.3) is 32.6 Å². The maximum atomic E-state index is 11.6. The molecule has 2 aromatic carbocycles. The molecule has 5 rings (SSSR count). The summed E-state index contributed by atoms with van der Waals surface area (Å²) >= 11 is 1.58. The fourth-order valence-electron chi connectivity index (χ4n) is 4.08. The number of ether oxygens (including phenoxy) is 2. The molecule has 182 valence electrons. The molecule has 0 saturated heterocycles. The first-order valence-corrected chi connectivity index (χ1v) is 12.3.